The molecule has 0 aliphatic carbocycles. The Morgan fingerprint density at radius 3 is 2.58 bits per heavy atom. The lowest BCUT2D eigenvalue weighted by atomic mass is 10.2. The Kier molecular flexibility index (Phi) is 2.30. The average molecular weight is 165 g/mol. The first kappa shape index (κ1) is 8.55. The van der Waals surface area contributed by atoms with E-state index in [0.717, 1.165) is 0 Å². The van der Waals surface area contributed by atoms with E-state index in [0.29, 0.717) is 16.3 Å². The van der Waals surface area contributed by atoms with Gasteiger partial charge in [-0.05, 0) is 18.6 Å². The van der Waals surface area contributed by atoms with E-state index < -0.39 is 6.09 Å². The van der Waals surface area contributed by atoms with Crippen molar-refractivity contribution in [1.82, 2.24) is 0 Å². The highest BCUT2D eigenvalue weighted by molar-refractivity contribution is 5.85. The first-order valence-corrected chi connectivity index (χ1v) is 3.31. The van der Waals surface area contributed by atoms with Crippen molar-refractivity contribution in [2.24, 2.45) is 5.84 Å². The predicted octanol–water partition coefficient (Wildman–Crippen LogP) is 1.23. The van der Waals surface area contributed by atoms with Gasteiger partial charge in [0.15, 0.2) is 0 Å². The number of nitrogens with zero attached hydrogens (tertiary/aromatic N) is 1. The molecular weight excluding hydrogens is 156 g/mol. The van der Waals surface area contributed by atoms with E-state index in [-0.39, 0.29) is 0 Å². The molecule has 0 saturated heterocycles. The molecule has 12 heavy (non-hydrogen) atoms. The van der Waals surface area contributed by atoms with E-state index in [1.807, 2.05) is 0 Å². The standard InChI is InChI=1S/C8H9N2O2/c1-6-4-2-3-5-7(6)10(9)8(11)12/h2-5H,1,9H2,(H,11,12). The van der Waals surface area contributed by atoms with Crippen LogP contribution in [0.5, 0.6) is 0 Å². The van der Waals surface area contributed by atoms with Gasteiger partial charge in [-0.25, -0.2) is 15.6 Å². The van der Waals surface area contributed by atoms with Crippen LogP contribution in [0.2, 0.25) is 0 Å². The SMILES string of the molecule is [CH2]c1ccccc1N(N)C(=O)O. The summed E-state index contributed by atoms with van der Waals surface area (Å²) in [5.74, 6) is 5.23. The molecule has 1 radical (unpaired) electrons. The third kappa shape index (κ3) is 1.54. The summed E-state index contributed by atoms with van der Waals surface area (Å²) in [5.41, 5.74) is 0.979. The first-order valence-electron chi connectivity index (χ1n) is 3.31. The monoisotopic (exact) mass is 165 g/mol. The Hall–Kier alpha value is -1.55. The highest BCUT2D eigenvalue weighted by Crippen LogP contribution is 2.15. The number of amides is 1. The smallest absolute Gasteiger partial charge is 0.426 e. The van der Waals surface area contributed by atoms with Crippen molar-refractivity contribution in [3.05, 3.63) is 36.8 Å². The summed E-state index contributed by atoms with van der Waals surface area (Å²) in [4.78, 5) is 10.4. The zero-order valence-electron chi connectivity index (χ0n) is 6.40. The predicted molar refractivity (Wildman–Crippen MR) is 45.6 cm³/mol. The number of anilines is 1. The molecule has 0 heterocycles. The lowest BCUT2D eigenvalue weighted by Crippen LogP contribution is -2.36. The van der Waals surface area contributed by atoms with E-state index in [2.05, 4.69) is 6.92 Å². The van der Waals surface area contributed by atoms with Crippen LogP contribution in [0.1, 0.15) is 5.56 Å². The van der Waals surface area contributed by atoms with E-state index in [1.165, 1.54) is 0 Å². The van der Waals surface area contributed by atoms with Crippen LogP contribution in [-0.4, -0.2) is 11.2 Å². The maximum absolute atomic E-state index is 10.4. The fraction of sp³-hybridized carbons (Fsp3) is 0. The highest BCUT2D eigenvalue weighted by Gasteiger charge is 2.10. The van der Waals surface area contributed by atoms with Gasteiger partial charge in [-0.3, -0.25) is 0 Å². The van der Waals surface area contributed by atoms with E-state index in [4.69, 9.17) is 10.9 Å². The van der Waals surface area contributed by atoms with E-state index in [1.54, 1.807) is 24.3 Å². The molecule has 1 amide bonds. The summed E-state index contributed by atoms with van der Waals surface area (Å²) in [6, 6.07) is 6.75. The number of benzene rings is 1. The maximum atomic E-state index is 10.4. The summed E-state index contributed by atoms with van der Waals surface area (Å²) in [6.07, 6.45) is -1.20. The van der Waals surface area contributed by atoms with Gasteiger partial charge in [0.05, 0.1) is 5.69 Å². The quantitative estimate of drug-likeness (QED) is 0.373. The average Bonchev–Trinajstić information content (AvgIpc) is 2.04. The maximum Gasteiger partial charge on any atom is 0.426 e. The van der Waals surface area contributed by atoms with Crippen LogP contribution in [0.15, 0.2) is 24.3 Å². The van der Waals surface area contributed by atoms with Crippen LogP contribution in [0, 0.1) is 6.92 Å². The van der Waals surface area contributed by atoms with Crippen molar-refractivity contribution >= 4 is 11.8 Å². The minimum absolute atomic E-state index is 0.394. The molecule has 63 valence electrons. The molecule has 0 aliphatic rings. The Morgan fingerprint density at radius 1 is 1.50 bits per heavy atom. The second-order valence-electron chi connectivity index (χ2n) is 2.28. The Bertz CT molecular complexity index is 299. The van der Waals surface area contributed by atoms with Crippen LogP contribution in [0.4, 0.5) is 10.5 Å². The zero-order valence-corrected chi connectivity index (χ0v) is 6.40. The minimum atomic E-state index is -1.20. The van der Waals surface area contributed by atoms with Crippen LogP contribution in [0.3, 0.4) is 0 Å². The summed E-state index contributed by atoms with van der Waals surface area (Å²) in [6.45, 7) is 3.64. The van der Waals surface area contributed by atoms with Crippen LogP contribution in [0.25, 0.3) is 0 Å². The van der Waals surface area contributed by atoms with Gasteiger partial charge < -0.3 is 5.11 Å². The Morgan fingerprint density at radius 2 is 2.08 bits per heavy atom. The number of nitrogens with two attached hydrogens (primary N) is 1. The largest absolute Gasteiger partial charge is 0.464 e. The Labute approximate surface area is 70.2 Å². The molecule has 1 rings (SSSR count). The van der Waals surface area contributed by atoms with Crippen LogP contribution >= 0.6 is 0 Å². The van der Waals surface area contributed by atoms with Crippen LogP contribution < -0.4 is 10.9 Å². The van der Waals surface area contributed by atoms with Crippen molar-refractivity contribution < 1.29 is 9.90 Å². The number of carbonyl (C=O) groups is 1. The van der Waals surface area contributed by atoms with Gasteiger partial charge in [0.25, 0.3) is 0 Å². The third-order valence-corrected chi connectivity index (χ3v) is 1.46. The number of carboxylic acid groups (broad SMARTS) is 1. The fourth-order valence-corrected chi connectivity index (χ4v) is 0.849. The molecule has 0 spiro atoms. The molecule has 4 heteroatoms. The number of para-hydroxylation sites is 1. The van der Waals surface area contributed by atoms with Gasteiger partial charge in [-0.1, -0.05) is 18.2 Å². The molecule has 0 saturated carbocycles. The number of rotatable bonds is 1. The van der Waals surface area contributed by atoms with Crippen molar-refractivity contribution in [3.63, 3.8) is 0 Å². The molecule has 1 aromatic carbocycles. The second-order valence-corrected chi connectivity index (χ2v) is 2.28. The van der Waals surface area contributed by atoms with Gasteiger partial charge in [0, 0.05) is 0 Å². The van der Waals surface area contributed by atoms with Crippen molar-refractivity contribution in [2.75, 3.05) is 5.01 Å². The molecule has 0 fully saturated rings. The summed E-state index contributed by atoms with van der Waals surface area (Å²) >= 11 is 0. The normalized spacial score (nSPS) is 9.50. The Balaban J connectivity index is 3.02. The molecule has 0 unspecified atom stereocenters. The molecular formula is C8H9N2O2. The van der Waals surface area contributed by atoms with Gasteiger partial charge >= 0.3 is 6.09 Å². The second kappa shape index (κ2) is 3.23. The number of hydrazine groups is 1. The fourth-order valence-electron chi connectivity index (χ4n) is 0.849. The third-order valence-electron chi connectivity index (χ3n) is 1.46. The van der Waals surface area contributed by atoms with Gasteiger partial charge in [-0.15, -0.1) is 0 Å². The van der Waals surface area contributed by atoms with Crippen molar-refractivity contribution in [1.29, 1.82) is 0 Å². The lowest BCUT2D eigenvalue weighted by Gasteiger charge is -2.14. The van der Waals surface area contributed by atoms with E-state index in [9.17, 15) is 4.79 Å². The molecule has 0 atom stereocenters. The molecule has 1 aromatic rings. The minimum Gasteiger partial charge on any atom is -0.464 e. The summed E-state index contributed by atoms with van der Waals surface area (Å²) < 4.78 is 0. The molecule has 0 aliphatic heterocycles. The first-order chi connectivity index (χ1) is 5.63. The summed E-state index contributed by atoms with van der Waals surface area (Å²) in [7, 11) is 0. The number of hydrogen-bond acceptors (Lipinski definition) is 2. The zero-order chi connectivity index (χ0) is 9.14. The molecule has 3 N–H and O–H groups in total. The van der Waals surface area contributed by atoms with Crippen LogP contribution in [-0.2, 0) is 0 Å². The molecule has 0 aromatic heterocycles. The van der Waals surface area contributed by atoms with Gasteiger partial charge in [-0.2, -0.15) is 0 Å². The lowest BCUT2D eigenvalue weighted by molar-refractivity contribution is 0.202. The van der Waals surface area contributed by atoms with E-state index >= 15 is 0 Å². The van der Waals surface area contributed by atoms with Crippen molar-refractivity contribution in [2.45, 2.75) is 0 Å². The van der Waals surface area contributed by atoms with Gasteiger partial charge in [0.1, 0.15) is 0 Å². The number of hydrogen-bond donors (Lipinski definition) is 2. The molecule has 0 bridgehead atoms. The van der Waals surface area contributed by atoms with Gasteiger partial charge in [0.2, 0.25) is 0 Å². The summed E-state index contributed by atoms with van der Waals surface area (Å²) in [5, 5.41) is 9.17. The molecule has 4 nitrogen and oxygen atoms in total. The van der Waals surface area contributed by atoms with Crippen molar-refractivity contribution in [3.8, 4) is 0 Å². The topological polar surface area (TPSA) is 66.6 Å². The highest BCUT2D eigenvalue weighted by atomic mass is 16.4.